The van der Waals surface area contributed by atoms with Gasteiger partial charge in [-0.15, -0.1) is 0 Å². The summed E-state index contributed by atoms with van der Waals surface area (Å²) < 4.78 is 5.34. The molecule has 0 N–H and O–H groups in total. The number of aryl methyl sites for hydroxylation is 1. The lowest BCUT2D eigenvalue weighted by Crippen LogP contribution is -2.32. The first-order valence-electron chi connectivity index (χ1n) is 7.03. The number of Topliss-reactive ketones (excluding diaryl/α,β-unsaturated/α-hetero) is 1. The Balaban J connectivity index is 1.69. The van der Waals surface area contributed by atoms with Gasteiger partial charge in [0.25, 0.3) is 0 Å². The molecule has 0 spiro atoms. The molecule has 2 aliphatic rings. The van der Waals surface area contributed by atoms with Crippen LogP contribution in [0.15, 0.2) is 24.3 Å². The zero-order valence-electron chi connectivity index (χ0n) is 10.7. The molecular formula is C16H20O2. The lowest BCUT2D eigenvalue weighted by atomic mass is 9.77. The number of rotatable bonds is 2. The molecule has 0 aromatic heterocycles. The number of ether oxygens (including phenoxy) is 1. The third kappa shape index (κ3) is 2.35. The largest absolute Gasteiger partial charge is 0.381 e. The topological polar surface area (TPSA) is 26.3 Å². The van der Waals surface area contributed by atoms with Crippen LogP contribution in [0.3, 0.4) is 0 Å². The maximum atomic E-state index is 12.5. The predicted octanol–water partition coefficient (Wildman–Crippen LogP) is 2.79. The van der Waals surface area contributed by atoms with Crippen LogP contribution in [0.25, 0.3) is 0 Å². The van der Waals surface area contributed by atoms with Crippen molar-refractivity contribution in [2.45, 2.75) is 32.1 Å². The first-order chi connectivity index (χ1) is 8.84. The number of hydrogen-bond acceptors (Lipinski definition) is 2. The van der Waals surface area contributed by atoms with Gasteiger partial charge < -0.3 is 4.74 Å². The van der Waals surface area contributed by atoms with Crippen LogP contribution >= 0.6 is 0 Å². The van der Waals surface area contributed by atoms with Crippen molar-refractivity contribution in [3.63, 3.8) is 0 Å². The van der Waals surface area contributed by atoms with Gasteiger partial charge in [-0.3, -0.25) is 4.79 Å². The first-order valence-corrected chi connectivity index (χ1v) is 7.03. The Kier molecular flexibility index (Phi) is 3.46. The summed E-state index contributed by atoms with van der Waals surface area (Å²) in [6.45, 7) is 1.53. The third-order valence-corrected chi connectivity index (χ3v) is 4.37. The minimum Gasteiger partial charge on any atom is -0.381 e. The van der Waals surface area contributed by atoms with E-state index in [1.165, 1.54) is 11.1 Å². The van der Waals surface area contributed by atoms with Gasteiger partial charge >= 0.3 is 0 Å². The van der Waals surface area contributed by atoms with E-state index >= 15 is 0 Å². The van der Waals surface area contributed by atoms with E-state index in [9.17, 15) is 4.79 Å². The monoisotopic (exact) mass is 244 g/mol. The van der Waals surface area contributed by atoms with Gasteiger partial charge in [-0.25, -0.2) is 0 Å². The summed E-state index contributed by atoms with van der Waals surface area (Å²) in [5.41, 5.74) is 2.82. The van der Waals surface area contributed by atoms with Crippen LogP contribution in [0.1, 0.15) is 30.4 Å². The lowest BCUT2D eigenvalue weighted by Gasteiger charge is -2.28. The van der Waals surface area contributed by atoms with Crippen molar-refractivity contribution in [1.82, 2.24) is 0 Å². The number of benzene rings is 1. The molecule has 96 valence electrons. The average Bonchev–Trinajstić information content (AvgIpc) is 2.47. The zero-order valence-corrected chi connectivity index (χ0v) is 10.7. The maximum Gasteiger partial charge on any atom is 0.139 e. The fourth-order valence-electron chi connectivity index (χ4n) is 3.26. The van der Waals surface area contributed by atoms with E-state index in [0.717, 1.165) is 45.3 Å². The molecule has 1 heterocycles. The highest BCUT2D eigenvalue weighted by Gasteiger charge is 2.30. The Hall–Kier alpha value is -1.15. The van der Waals surface area contributed by atoms with Crippen molar-refractivity contribution in [1.29, 1.82) is 0 Å². The summed E-state index contributed by atoms with van der Waals surface area (Å²) in [4.78, 5) is 12.5. The van der Waals surface area contributed by atoms with Gasteiger partial charge in [-0.05, 0) is 43.2 Å². The van der Waals surface area contributed by atoms with Gasteiger partial charge in [-0.2, -0.15) is 0 Å². The molecule has 1 unspecified atom stereocenters. The van der Waals surface area contributed by atoms with E-state index in [1.54, 1.807) is 0 Å². The Morgan fingerprint density at radius 2 is 1.72 bits per heavy atom. The Morgan fingerprint density at radius 3 is 2.50 bits per heavy atom. The van der Waals surface area contributed by atoms with Crippen molar-refractivity contribution >= 4 is 5.78 Å². The molecule has 0 bridgehead atoms. The molecule has 1 aromatic carbocycles. The number of fused-ring (bicyclic) bond motifs is 1. The molecule has 1 aromatic rings. The molecule has 0 saturated carbocycles. The van der Waals surface area contributed by atoms with Gasteiger partial charge in [0.15, 0.2) is 0 Å². The predicted molar refractivity (Wildman–Crippen MR) is 70.5 cm³/mol. The third-order valence-electron chi connectivity index (χ3n) is 4.37. The molecule has 2 nitrogen and oxygen atoms in total. The normalized spacial score (nSPS) is 24.6. The van der Waals surface area contributed by atoms with E-state index in [1.807, 2.05) is 0 Å². The van der Waals surface area contributed by atoms with Crippen molar-refractivity contribution in [3.8, 4) is 0 Å². The number of carbonyl (C=O) groups is 1. The van der Waals surface area contributed by atoms with Crippen LogP contribution in [-0.2, 0) is 22.4 Å². The van der Waals surface area contributed by atoms with Gasteiger partial charge in [0.2, 0.25) is 0 Å². The average molecular weight is 244 g/mol. The van der Waals surface area contributed by atoms with Crippen LogP contribution in [0.4, 0.5) is 0 Å². The Bertz CT molecular complexity index is 432. The molecule has 2 heteroatoms. The lowest BCUT2D eigenvalue weighted by molar-refractivity contribution is -0.130. The Labute approximate surface area is 108 Å². The first kappa shape index (κ1) is 11.9. The summed E-state index contributed by atoms with van der Waals surface area (Å²) in [5.74, 6) is 1.00. The van der Waals surface area contributed by atoms with E-state index < -0.39 is 0 Å². The summed E-state index contributed by atoms with van der Waals surface area (Å²) in [5, 5.41) is 0. The highest BCUT2D eigenvalue weighted by molar-refractivity contribution is 5.84. The van der Waals surface area contributed by atoms with Crippen molar-refractivity contribution in [2.75, 3.05) is 13.2 Å². The summed E-state index contributed by atoms with van der Waals surface area (Å²) >= 11 is 0. The van der Waals surface area contributed by atoms with E-state index in [2.05, 4.69) is 24.3 Å². The number of carbonyl (C=O) groups excluding carboxylic acids is 1. The summed E-state index contributed by atoms with van der Waals surface area (Å²) in [7, 11) is 0. The molecule has 1 fully saturated rings. The molecular weight excluding hydrogens is 224 g/mol. The van der Waals surface area contributed by atoms with Crippen LogP contribution in [-0.4, -0.2) is 19.0 Å². The summed E-state index contributed by atoms with van der Waals surface area (Å²) in [6, 6.07) is 8.56. The van der Waals surface area contributed by atoms with Gasteiger partial charge in [-0.1, -0.05) is 24.3 Å². The molecule has 1 saturated heterocycles. The second-order valence-electron chi connectivity index (χ2n) is 5.50. The molecule has 1 aliphatic heterocycles. The minimum absolute atomic E-state index is 0.253. The van der Waals surface area contributed by atoms with Crippen molar-refractivity contribution in [3.05, 3.63) is 35.4 Å². The second kappa shape index (κ2) is 5.23. The van der Waals surface area contributed by atoms with Crippen LogP contribution in [0, 0.1) is 11.8 Å². The van der Waals surface area contributed by atoms with E-state index in [-0.39, 0.29) is 11.8 Å². The molecule has 1 atom stereocenters. The van der Waals surface area contributed by atoms with Gasteiger partial charge in [0.1, 0.15) is 5.78 Å². The number of ketones is 1. The standard InChI is InChI=1S/C16H20O2/c17-16(13-7-9-18-10-8-13)15-6-5-12-3-1-2-4-14(12)11-15/h1-4,13,15H,5-11H2. The maximum absolute atomic E-state index is 12.5. The van der Waals surface area contributed by atoms with E-state index in [4.69, 9.17) is 4.74 Å². The SMILES string of the molecule is O=C(C1CCOCC1)C1CCc2ccccc2C1. The van der Waals surface area contributed by atoms with Crippen LogP contribution in [0.2, 0.25) is 0 Å². The van der Waals surface area contributed by atoms with Crippen molar-refractivity contribution in [2.24, 2.45) is 11.8 Å². The molecule has 18 heavy (non-hydrogen) atoms. The van der Waals surface area contributed by atoms with Crippen LogP contribution in [0.5, 0.6) is 0 Å². The second-order valence-corrected chi connectivity index (χ2v) is 5.50. The quantitative estimate of drug-likeness (QED) is 0.799. The highest BCUT2D eigenvalue weighted by atomic mass is 16.5. The number of hydrogen-bond donors (Lipinski definition) is 0. The molecule has 3 rings (SSSR count). The minimum atomic E-state index is 0.253. The fourth-order valence-corrected chi connectivity index (χ4v) is 3.26. The van der Waals surface area contributed by atoms with Crippen molar-refractivity contribution < 1.29 is 9.53 Å². The molecule has 0 amide bonds. The van der Waals surface area contributed by atoms with E-state index in [0.29, 0.717) is 5.78 Å². The summed E-state index contributed by atoms with van der Waals surface area (Å²) in [6.07, 6.45) is 4.91. The Morgan fingerprint density at radius 1 is 1.00 bits per heavy atom. The smallest absolute Gasteiger partial charge is 0.139 e. The molecule has 1 aliphatic carbocycles. The van der Waals surface area contributed by atoms with Crippen LogP contribution < -0.4 is 0 Å². The zero-order chi connectivity index (χ0) is 12.4. The fraction of sp³-hybridized carbons (Fsp3) is 0.562. The molecule has 0 radical (unpaired) electrons. The van der Waals surface area contributed by atoms with Gasteiger partial charge in [0, 0.05) is 25.0 Å². The van der Waals surface area contributed by atoms with Gasteiger partial charge in [0.05, 0.1) is 0 Å². The highest BCUT2D eigenvalue weighted by Crippen LogP contribution is 2.30.